The number of fused-ring (bicyclic) bond motifs is 1. The Kier molecular flexibility index (Phi) is 4.60. The third-order valence-electron chi connectivity index (χ3n) is 3.67. The Morgan fingerprint density at radius 2 is 2.32 bits per heavy atom. The highest BCUT2D eigenvalue weighted by atomic mass is 16.5. The van der Waals surface area contributed by atoms with Crippen LogP contribution in [0.4, 0.5) is 4.79 Å². The van der Waals surface area contributed by atoms with E-state index in [2.05, 4.69) is 5.32 Å². The summed E-state index contributed by atoms with van der Waals surface area (Å²) in [7, 11) is 1.41. The minimum Gasteiger partial charge on any atom is -0.480 e. The molecule has 0 aromatic rings. The van der Waals surface area contributed by atoms with Crippen LogP contribution in [0.3, 0.4) is 0 Å². The van der Waals surface area contributed by atoms with Gasteiger partial charge in [-0.15, -0.1) is 0 Å². The number of urea groups is 1. The lowest BCUT2D eigenvalue weighted by Gasteiger charge is -2.38. The van der Waals surface area contributed by atoms with Crippen LogP contribution < -0.4 is 5.32 Å². The average molecular weight is 272 g/mol. The van der Waals surface area contributed by atoms with Gasteiger partial charge in [0.1, 0.15) is 0 Å². The first-order valence-corrected chi connectivity index (χ1v) is 6.54. The van der Waals surface area contributed by atoms with Gasteiger partial charge in [0.15, 0.2) is 6.04 Å². The van der Waals surface area contributed by atoms with E-state index in [9.17, 15) is 9.59 Å². The van der Waals surface area contributed by atoms with Gasteiger partial charge in [-0.05, 0) is 19.3 Å². The molecular weight excluding hydrogens is 252 g/mol. The first-order valence-electron chi connectivity index (χ1n) is 6.54. The van der Waals surface area contributed by atoms with Crippen LogP contribution in [0.2, 0.25) is 0 Å². The Hall–Kier alpha value is -1.34. The third-order valence-corrected chi connectivity index (χ3v) is 3.67. The van der Waals surface area contributed by atoms with Gasteiger partial charge in [0.05, 0.1) is 25.4 Å². The molecule has 3 unspecified atom stereocenters. The van der Waals surface area contributed by atoms with Crippen molar-refractivity contribution < 1.29 is 24.2 Å². The molecule has 2 fully saturated rings. The Morgan fingerprint density at radius 3 is 3.00 bits per heavy atom. The standard InChI is InChI=1S/C12H20N2O5/c1-18-7-8(11(15)16)13-12(17)14-5-6-19-10-4-2-3-9(10)14/h8-10H,2-7H2,1H3,(H,13,17)(H,15,16). The fraction of sp³-hybridized carbons (Fsp3) is 0.833. The van der Waals surface area contributed by atoms with Crippen molar-refractivity contribution in [3.05, 3.63) is 0 Å². The second-order valence-electron chi connectivity index (χ2n) is 4.90. The summed E-state index contributed by atoms with van der Waals surface area (Å²) in [6, 6.07) is -1.28. The van der Waals surface area contributed by atoms with Crippen LogP contribution in [0.25, 0.3) is 0 Å². The predicted molar refractivity (Wildman–Crippen MR) is 65.9 cm³/mol. The van der Waals surface area contributed by atoms with Crippen molar-refractivity contribution in [1.82, 2.24) is 10.2 Å². The van der Waals surface area contributed by atoms with Crippen molar-refractivity contribution >= 4 is 12.0 Å². The number of nitrogens with one attached hydrogen (secondary N) is 1. The Bertz CT molecular complexity index is 349. The molecule has 3 atom stereocenters. The van der Waals surface area contributed by atoms with Crippen LogP contribution >= 0.6 is 0 Å². The molecule has 2 rings (SSSR count). The van der Waals surface area contributed by atoms with Crippen LogP contribution in [0.1, 0.15) is 19.3 Å². The molecule has 108 valence electrons. The molecule has 1 saturated carbocycles. The number of hydrogen-bond acceptors (Lipinski definition) is 4. The lowest BCUT2D eigenvalue weighted by atomic mass is 10.1. The van der Waals surface area contributed by atoms with Crippen LogP contribution in [0.5, 0.6) is 0 Å². The van der Waals surface area contributed by atoms with Crippen molar-refractivity contribution in [1.29, 1.82) is 0 Å². The summed E-state index contributed by atoms with van der Waals surface area (Å²) in [4.78, 5) is 24.9. The van der Waals surface area contributed by atoms with Gasteiger partial charge < -0.3 is 24.8 Å². The van der Waals surface area contributed by atoms with E-state index in [1.54, 1.807) is 4.90 Å². The van der Waals surface area contributed by atoms with Crippen molar-refractivity contribution in [2.45, 2.75) is 37.5 Å². The molecule has 0 aromatic heterocycles. The Balaban J connectivity index is 1.96. The van der Waals surface area contributed by atoms with Gasteiger partial charge in [0.2, 0.25) is 0 Å². The topological polar surface area (TPSA) is 88.1 Å². The van der Waals surface area contributed by atoms with Crippen molar-refractivity contribution in [2.75, 3.05) is 26.9 Å². The van der Waals surface area contributed by atoms with Gasteiger partial charge in [-0.2, -0.15) is 0 Å². The number of ether oxygens (including phenoxy) is 2. The molecule has 2 N–H and O–H groups in total. The van der Waals surface area contributed by atoms with Crippen molar-refractivity contribution in [2.24, 2.45) is 0 Å². The van der Waals surface area contributed by atoms with Gasteiger partial charge in [0, 0.05) is 13.7 Å². The Morgan fingerprint density at radius 1 is 1.53 bits per heavy atom. The molecule has 7 heteroatoms. The fourth-order valence-corrected chi connectivity index (χ4v) is 2.75. The highest BCUT2D eigenvalue weighted by molar-refractivity contribution is 5.83. The first-order chi connectivity index (χ1) is 9.13. The maximum Gasteiger partial charge on any atom is 0.328 e. The van der Waals surface area contributed by atoms with E-state index in [4.69, 9.17) is 14.6 Å². The lowest BCUT2D eigenvalue weighted by molar-refractivity contribution is -0.140. The monoisotopic (exact) mass is 272 g/mol. The van der Waals surface area contributed by atoms with E-state index in [1.165, 1.54) is 7.11 Å². The van der Waals surface area contributed by atoms with Crippen LogP contribution in [-0.4, -0.2) is 67.1 Å². The highest BCUT2D eigenvalue weighted by Gasteiger charge is 2.39. The maximum atomic E-state index is 12.2. The minimum atomic E-state index is -1.09. The number of morpholine rings is 1. The van der Waals surface area contributed by atoms with Crippen molar-refractivity contribution in [3.63, 3.8) is 0 Å². The lowest BCUT2D eigenvalue weighted by Crippen LogP contribution is -2.57. The molecule has 7 nitrogen and oxygen atoms in total. The summed E-state index contributed by atoms with van der Waals surface area (Å²) in [6.07, 6.45) is 3.03. The number of aliphatic carboxylic acids is 1. The number of carboxylic acids is 1. The van der Waals surface area contributed by atoms with E-state index in [1.807, 2.05) is 0 Å². The quantitative estimate of drug-likeness (QED) is 0.755. The summed E-state index contributed by atoms with van der Waals surface area (Å²) in [5, 5.41) is 11.5. The highest BCUT2D eigenvalue weighted by Crippen LogP contribution is 2.29. The maximum absolute atomic E-state index is 12.2. The zero-order valence-corrected chi connectivity index (χ0v) is 11.0. The van der Waals surface area contributed by atoms with Gasteiger partial charge in [0.25, 0.3) is 0 Å². The number of amides is 2. The molecule has 1 aliphatic heterocycles. The number of nitrogens with zero attached hydrogens (tertiary/aromatic N) is 1. The number of hydrogen-bond donors (Lipinski definition) is 2. The zero-order chi connectivity index (χ0) is 13.8. The van der Waals surface area contributed by atoms with E-state index >= 15 is 0 Å². The van der Waals surface area contributed by atoms with E-state index in [-0.39, 0.29) is 24.8 Å². The second kappa shape index (κ2) is 6.21. The molecule has 2 amide bonds. The fourth-order valence-electron chi connectivity index (χ4n) is 2.75. The largest absolute Gasteiger partial charge is 0.480 e. The number of carbonyl (C=O) groups is 2. The molecular formula is C12H20N2O5. The van der Waals surface area contributed by atoms with Gasteiger partial charge in [-0.25, -0.2) is 9.59 Å². The minimum absolute atomic E-state index is 0.0422. The molecule has 2 aliphatic rings. The third kappa shape index (κ3) is 3.16. The second-order valence-corrected chi connectivity index (χ2v) is 4.90. The van der Waals surface area contributed by atoms with E-state index in [0.717, 1.165) is 19.3 Å². The summed E-state index contributed by atoms with van der Waals surface area (Å²) in [5.74, 6) is -1.09. The number of methoxy groups -OCH3 is 1. The summed E-state index contributed by atoms with van der Waals surface area (Å²) in [6.45, 7) is 0.975. The zero-order valence-electron chi connectivity index (χ0n) is 11.0. The van der Waals surface area contributed by atoms with Crippen LogP contribution in [0, 0.1) is 0 Å². The first kappa shape index (κ1) is 14.1. The number of rotatable bonds is 4. The number of carboxylic acid groups (broad SMARTS) is 1. The van der Waals surface area contributed by atoms with Crippen LogP contribution in [0.15, 0.2) is 0 Å². The molecule has 1 aliphatic carbocycles. The molecule has 1 heterocycles. The SMILES string of the molecule is COCC(NC(=O)N1CCOC2CCCC21)C(=O)O. The molecule has 0 bridgehead atoms. The van der Waals surface area contributed by atoms with Gasteiger partial charge in [-0.3, -0.25) is 0 Å². The van der Waals surface area contributed by atoms with Crippen molar-refractivity contribution in [3.8, 4) is 0 Å². The van der Waals surface area contributed by atoms with Crippen LogP contribution in [-0.2, 0) is 14.3 Å². The summed E-state index contributed by atoms with van der Waals surface area (Å²) in [5.41, 5.74) is 0. The molecule has 0 aromatic carbocycles. The molecule has 1 saturated heterocycles. The van der Waals surface area contributed by atoms with E-state index in [0.29, 0.717) is 13.2 Å². The summed E-state index contributed by atoms with van der Waals surface area (Å²) >= 11 is 0. The molecule has 0 spiro atoms. The van der Waals surface area contributed by atoms with Gasteiger partial charge in [-0.1, -0.05) is 0 Å². The Labute approximate surface area is 111 Å². The number of carbonyl (C=O) groups excluding carboxylic acids is 1. The van der Waals surface area contributed by atoms with Gasteiger partial charge >= 0.3 is 12.0 Å². The molecule has 19 heavy (non-hydrogen) atoms. The normalized spacial score (nSPS) is 27.7. The molecule has 0 radical (unpaired) electrons. The van der Waals surface area contributed by atoms with E-state index < -0.39 is 12.0 Å². The summed E-state index contributed by atoms with van der Waals surface area (Å²) < 4.78 is 10.4. The average Bonchev–Trinajstić information content (AvgIpc) is 2.85. The predicted octanol–water partition coefficient (Wildman–Crippen LogP) is 0.0489. The smallest absolute Gasteiger partial charge is 0.328 e.